The molecule has 0 bridgehead atoms. The van der Waals surface area contributed by atoms with E-state index in [9.17, 15) is 4.57 Å². The van der Waals surface area contributed by atoms with Crippen LogP contribution >= 0.6 is 26.5 Å². The zero-order valence-corrected chi connectivity index (χ0v) is 17.9. The molecule has 0 aromatic heterocycles. The second-order valence-corrected chi connectivity index (χ2v) is 12.1. The van der Waals surface area contributed by atoms with E-state index >= 15 is 0 Å². The van der Waals surface area contributed by atoms with E-state index in [4.69, 9.17) is 19.4 Å². The predicted octanol–water partition coefficient (Wildman–Crippen LogP) is 4.70. The van der Waals surface area contributed by atoms with Gasteiger partial charge in [-0.25, -0.2) is 0 Å². The topological polar surface area (TPSA) is 17.1 Å². The van der Waals surface area contributed by atoms with E-state index in [1.165, 1.54) is 0 Å². The minimum absolute atomic E-state index is 0.873. The summed E-state index contributed by atoms with van der Waals surface area (Å²) in [6, 6.07) is 29.1. The van der Waals surface area contributed by atoms with Crippen molar-refractivity contribution in [1.29, 1.82) is 0 Å². The normalized spacial score (nSPS) is 10.2. The molecule has 3 aromatic rings. The first-order valence-corrected chi connectivity index (χ1v) is 16.6. The Labute approximate surface area is 152 Å². The molecule has 3 aromatic carbocycles. The van der Waals surface area contributed by atoms with E-state index in [1.54, 1.807) is 0 Å². The molecule has 0 radical (unpaired) electrons. The van der Waals surface area contributed by atoms with Gasteiger partial charge in [-0.1, -0.05) is 91.0 Å². The van der Waals surface area contributed by atoms with Gasteiger partial charge in [0, 0.05) is 15.9 Å². The van der Waals surface area contributed by atoms with Gasteiger partial charge in [-0.2, -0.15) is 0 Å². The van der Waals surface area contributed by atoms with E-state index < -0.39 is 22.3 Å². The van der Waals surface area contributed by atoms with Crippen molar-refractivity contribution in [2.45, 2.75) is 0 Å². The molecule has 0 unspecified atom stereocenters. The maximum atomic E-state index is 13.8. The third-order valence-electron chi connectivity index (χ3n) is 3.36. The molecule has 0 aliphatic rings. The van der Waals surface area contributed by atoms with Crippen LogP contribution in [0.25, 0.3) is 0 Å². The Balaban J connectivity index is 0.000000595. The Morgan fingerprint density at radius 3 is 1.00 bits per heavy atom. The molecule has 23 heavy (non-hydrogen) atoms. The molecule has 0 N–H and O–H groups in total. The van der Waals surface area contributed by atoms with E-state index in [1.807, 2.05) is 91.0 Å². The first-order chi connectivity index (χ1) is 11.2. The Morgan fingerprint density at radius 2 is 0.783 bits per heavy atom. The van der Waals surface area contributed by atoms with Crippen LogP contribution in [0.5, 0.6) is 0 Å². The van der Waals surface area contributed by atoms with Gasteiger partial charge in [0.25, 0.3) is 0 Å². The fraction of sp³-hybridized carbons (Fsp3) is 0. The monoisotopic (exact) mass is 412 g/mol. The second kappa shape index (κ2) is 9.40. The van der Waals surface area contributed by atoms with Crippen LogP contribution in [-0.4, -0.2) is 0 Å². The summed E-state index contributed by atoms with van der Waals surface area (Å²) in [6.07, 6.45) is 0. The molecule has 0 aliphatic heterocycles. The van der Waals surface area contributed by atoms with Crippen LogP contribution in [0.1, 0.15) is 0 Å². The molecule has 114 valence electrons. The standard InChI is InChI=1S/C18H15OP.2ClH.Zn/c19-20(16-10-4-1-5-11-16,17-12-6-2-7-13-17)18-14-8-3-9-15-18;;;/h1-15H;2*1H;/q;;;+2/p-2. The summed E-state index contributed by atoms with van der Waals surface area (Å²) in [6.45, 7) is 0. The van der Waals surface area contributed by atoms with Gasteiger partial charge in [0.2, 0.25) is 0 Å². The van der Waals surface area contributed by atoms with Crippen molar-refractivity contribution in [3.8, 4) is 0 Å². The summed E-state index contributed by atoms with van der Waals surface area (Å²) in [5.41, 5.74) is 0. The molecule has 0 spiro atoms. The fourth-order valence-electron chi connectivity index (χ4n) is 2.36. The van der Waals surface area contributed by atoms with E-state index in [-0.39, 0.29) is 0 Å². The quantitative estimate of drug-likeness (QED) is 0.448. The molecule has 0 amide bonds. The molecule has 0 fully saturated rings. The number of rotatable bonds is 3. The molecule has 0 saturated carbocycles. The van der Waals surface area contributed by atoms with Gasteiger partial charge >= 0.3 is 34.5 Å². The molecular weight excluding hydrogens is 399 g/mol. The first kappa shape index (κ1) is 18.4. The molecule has 0 aliphatic carbocycles. The number of benzene rings is 3. The molecule has 1 nitrogen and oxygen atoms in total. The Morgan fingerprint density at radius 1 is 0.565 bits per heavy atom. The van der Waals surface area contributed by atoms with E-state index in [0.29, 0.717) is 0 Å². The fourth-order valence-corrected chi connectivity index (χ4v) is 5.03. The van der Waals surface area contributed by atoms with Crippen molar-refractivity contribution in [3.05, 3.63) is 91.0 Å². The van der Waals surface area contributed by atoms with E-state index in [0.717, 1.165) is 15.9 Å². The average molecular weight is 415 g/mol. The van der Waals surface area contributed by atoms with Crippen LogP contribution < -0.4 is 15.9 Å². The van der Waals surface area contributed by atoms with Crippen LogP contribution in [0.15, 0.2) is 91.0 Å². The summed E-state index contributed by atoms with van der Waals surface area (Å²) in [5, 5.41) is 2.62. The van der Waals surface area contributed by atoms with Crippen molar-refractivity contribution >= 4 is 42.4 Å². The number of hydrogen-bond donors (Lipinski definition) is 0. The molecule has 3 rings (SSSR count). The maximum absolute atomic E-state index is 13.8. The van der Waals surface area contributed by atoms with Gasteiger partial charge in [0.05, 0.1) is 0 Å². The second-order valence-electron chi connectivity index (χ2n) is 4.72. The van der Waals surface area contributed by atoms with Gasteiger partial charge in [0.1, 0.15) is 0 Å². The Kier molecular flexibility index (Phi) is 7.54. The van der Waals surface area contributed by atoms with Gasteiger partial charge in [0.15, 0.2) is 7.14 Å². The van der Waals surface area contributed by atoms with Crippen LogP contribution in [-0.2, 0) is 19.7 Å². The van der Waals surface area contributed by atoms with Crippen molar-refractivity contribution in [3.63, 3.8) is 0 Å². The Bertz CT molecular complexity index is 648. The molecule has 0 atom stereocenters. The summed E-state index contributed by atoms with van der Waals surface area (Å²) in [5.74, 6) is 0. The summed E-state index contributed by atoms with van der Waals surface area (Å²) in [4.78, 5) is 0. The van der Waals surface area contributed by atoms with Crippen LogP contribution in [0.3, 0.4) is 0 Å². The van der Waals surface area contributed by atoms with Crippen molar-refractivity contribution in [2.75, 3.05) is 0 Å². The van der Waals surface area contributed by atoms with Crippen molar-refractivity contribution in [2.24, 2.45) is 0 Å². The summed E-state index contributed by atoms with van der Waals surface area (Å²) < 4.78 is 13.8. The zero-order valence-electron chi connectivity index (χ0n) is 12.5. The molecule has 0 heterocycles. The SMILES string of the molecule is O=P(c1ccccc1)(c1ccccc1)c1ccccc1.[Cl][Zn][Cl]. The summed E-state index contributed by atoms with van der Waals surface area (Å²) in [7, 11) is 7.13. The van der Waals surface area contributed by atoms with Crippen LogP contribution in [0, 0.1) is 0 Å². The number of halogens is 2. The predicted molar refractivity (Wildman–Crippen MR) is 97.5 cm³/mol. The Hall–Kier alpha value is -0.907. The molecule has 5 heteroatoms. The van der Waals surface area contributed by atoms with Gasteiger partial charge in [-0.3, -0.25) is 0 Å². The average Bonchev–Trinajstić information content (AvgIpc) is 2.64. The third kappa shape index (κ3) is 4.55. The molecular formula is C18H15Cl2OPZn. The third-order valence-corrected chi connectivity index (χ3v) is 6.44. The van der Waals surface area contributed by atoms with Crippen LogP contribution in [0.2, 0.25) is 0 Å². The summed E-state index contributed by atoms with van der Waals surface area (Å²) >= 11 is -0.931. The van der Waals surface area contributed by atoms with Gasteiger partial charge in [-0.05, 0) is 0 Å². The molecule has 0 saturated heterocycles. The van der Waals surface area contributed by atoms with Gasteiger partial charge < -0.3 is 4.57 Å². The van der Waals surface area contributed by atoms with Gasteiger partial charge in [-0.15, -0.1) is 0 Å². The van der Waals surface area contributed by atoms with Crippen LogP contribution in [0.4, 0.5) is 0 Å². The first-order valence-electron chi connectivity index (χ1n) is 7.12. The number of hydrogen-bond acceptors (Lipinski definition) is 1. The zero-order chi connectivity index (χ0) is 16.5. The van der Waals surface area contributed by atoms with Crippen molar-refractivity contribution < 1.29 is 19.7 Å². The van der Waals surface area contributed by atoms with E-state index in [2.05, 4.69) is 0 Å². The van der Waals surface area contributed by atoms with Crippen molar-refractivity contribution in [1.82, 2.24) is 0 Å². The minimum atomic E-state index is -2.78.